The average molecular weight is 426 g/mol. The van der Waals surface area contributed by atoms with Crippen molar-refractivity contribution in [3.63, 3.8) is 0 Å². The minimum atomic E-state index is 0.375. The third-order valence-corrected chi connectivity index (χ3v) is 5.97. The number of hydrogen-bond acceptors (Lipinski definition) is 7. The molecule has 0 bridgehead atoms. The van der Waals surface area contributed by atoms with Gasteiger partial charge in [-0.3, -0.25) is 9.78 Å². The monoisotopic (exact) mass is 426 g/mol. The molecule has 6 rings (SSSR count). The Kier molecular flexibility index (Phi) is 4.46. The Labute approximate surface area is 183 Å². The summed E-state index contributed by atoms with van der Waals surface area (Å²) in [6.45, 7) is 2.04. The molecular formula is C23H22N8O. The zero-order chi connectivity index (χ0) is 21.5. The number of pyridine rings is 1. The summed E-state index contributed by atoms with van der Waals surface area (Å²) in [5, 5.41) is 15.0. The lowest BCUT2D eigenvalue weighted by Crippen LogP contribution is -2.29. The lowest BCUT2D eigenvalue weighted by atomic mass is 10.1. The molecule has 32 heavy (non-hydrogen) atoms. The molecule has 0 amide bonds. The molecule has 1 aliphatic rings. The Balaban J connectivity index is 1.35. The van der Waals surface area contributed by atoms with E-state index in [0.29, 0.717) is 28.9 Å². The van der Waals surface area contributed by atoms with Crippen LogP contribution in [0.2, 0.25) is 0 Å². The lowest BCUT2D eigenvalue weighted by Gasteiger charge is -2.22. The first kappa shape index (κ1) is 18.8. The highest BCUT2D eigenvalue weighted by atomic mass is 16.3. The van der Waals surface area contributed by atoms with Crippen LogP contribution in [0.5, 0.6) is 0 Å². The van der Waals surface area contributed by atoms with E-state index in [4.69, 9.17) is 10.2 Å². The molecule has 1 aliphatic heterocycles. The molecule has 9 heteroatoms. The minimum Gasteiger partial charge on any atom is -0.436 e. The second-order valence-corrected chi connectivity index (χ2v) is 8.02. The van der Waals surface area contributed by atoms with Crippen molar-refractivity contribution in [3.05, 3.63) is 55.1 Å². The van der Waals surface area contributed by atoms with E-state index in [1.54, 1.807) is 12.4 Å². The quantitative estimate of drug-likeness (QED) is 0.401. The van der Waals surface area contributed by atoms with Gasteiger partial charge in [0.25, 0.3) is 0 Å². The number of rotatable bonds is 4. The molecule has 5 heterocycles. The van der Waals surface area contributed by atoms with Crippen LogP contribution in [0, 0.1) is 0 Å². The van der Waals surface area contributed by atoms with E-state index < -0.39 is 0 Å². The van der Waals surface area contributed by atoms with Crippen LogP contribution in [0.4, 0.5) is 5.82 Å². The van der Waals surface area contributed by atoms with Crippen LogP contribution in [0.1, 0.15) is 18.9 Å². The Morgan fingerprint density at radius 1 is 1.03 bits per heavy atom. The maximum atomic E-state index is 6.20. The third-order valence-electron chi connectivity index (χ3n) is 5.97. The lowest BCUT2D eigenvalue weighted by molar-refractivity contribution is 0.343. The number of benzene rings is 1. The zero-order valence-corrected chi connectivity index (χ0v) is 17.3. The van der Waals surface area contributed by atoms with Crippen molar-refractivity contribution in [3.8, 4) is 33.8 Å². The Hall–Kier alpha value is -3.98. The second-order valence-electron chi connectivity index (χ2n) is 8.02. The molecule has 0 aliphatic carbocycles. The Morgan fingerprint density at radius 3 is 2.78 bits per heavy atom. The van der Waals surface area contributed by atoms with Crippen LogP contribution in [-0.4, -0.2) is 43.0 Å². The van der Waals surface area contributed by atoms with Crippen molar-refractivity contribution in [1.29, 1.82) is 0 Å². The van der Waals surface area contributed by atoms with Crippen LogP contribution >= 0.6 is 0 Å². The Morgan fingerprint density at radius 2 is 1.94 bits per heavy atom. The molecule has 0 atom stereocenters. The molecule has 1 saturated heterocycles. The van der Waals surface area contributed by atoms with E-state index in [1.807, 2.05) is 36.5 Å². The fourth-order valence-corrected chi connectivity index (χ4v) is 4.19. The minimum absolute atomic E-state index is 0.375. The fraction of sp³-hybridized carbons (Fsp3) is 0.217. The van der Waals surface area contributed by atoms with Gasteiger partial charge in [0, 0.05) is 35.3 Å². The first-order valence-electron chi connectivity index (χ1n) is 10.7. The van der Waals surface area contributed by atoms with Crippen molar-refractivity contribution in [2.75, 3.05) is 18.8 Å². The van der Waals surface area contributed by atoms with E-state index in [0.717, 1.165) is 53.8 Å². The molecule has 9 nitrogen and oxygen atoms in total. The van der Waals surface area contributed by atoms with Crippen molar-refractivity contribution in [1.82, 2.24) is 35.3 Å². The molecule has 160 valence electrons. The first-order valence-corrected chi connectivity index (χ1v) is 10.7. The second kappa shape index (κ2) is 7.61. The zero-order valence-electron chi connectivity index (χ0n) is 17.3. The molecule has 4 aromatic heterocycles. The summed E-state index contributed by atoms with van der Waals surface area (Å²) >= 11 is 0. The number of aromatic amines is 1. The standard InChI is InChI=1S/C23H22N8O/c24-22-18(23-29-20-2-1-14(10-21(20)32-23)19-5-8-27-30-19)9-15(11-26-22)16-12-28-31(13-16)17-3-6-25-7-4-17/h1-2,5,8-13,17,25H,3-4,6-7H2,(H2,24,26)(H,27,30). The number of nitrogen functional groups attached to an aromatic ring is 1. The van der Waals surface area contributed by atoms with Crippen LogP contribution in [-0.2, 0) is 0 Å². The molecule has 0 spiro atoms. The number of nitrogens with two attached hydrogens (primary N) is 1. The summed E-state index contributed by atoms with van der Waals surface area (Å²) in [4.78, 5) is 9.04. The predicted molar refractivity (Wildman–Crippen MR) is 122 cm³/mol. The average Bonchev–Trinajstić information content (AvgIpc) is 3.60. The van der Waals surface area contributed by atoms with Crippen molar-refractivity contribution < 1.29 is 4.42 Å². The highest BCUT2D eigenvalue weighted by Crippen LogP contribution is 2.33. The number of aromatic nitrogens is 6. The van der Waals surface area contributed by atoms with Crippen molar-refractivity contribution in [2.24, 2.45) is 0 Å². The van der Waals surface area contributed by atoms with E-state index in [1.165, 1.54) is 0 Å². The third kappa shape index (κ3) is 3.32. The van der Waals surface area contributed by atoms with Crippen LogP contribution in [0.25, 0.3) is 44.9 Å². The number of H-pyrrole nitrogens is 1. The molecule has 0 radical (unpaired) electrons. The summed E-state index contributed by atoms with van der Waals surface area (Å²) < 4.78 is 8.13. The van der Waals surface area contributed by atoms with Gasteiger partial charge in [-0.15, -0.1) is 0 Å². The van der Waals surface area contributed by atoms with Gasteiger partial charge in [-0.2, -0.15) is 10.2 Å². The van der Waals surface area contributed by atoms with Gasteiger partial charge in [0.05, 0.1) is 23.5 Å². The number of piperidine rings is 1. The van der Waals surface area contributed by atoms with Gasteiger partial charge in [-0.1, -0.05) is 6.07 Å². The van der Waals surface area contributed by atoms with Gasteiger partial charge in [0.1, 0.15) is 11.3 Å². The van der Waals surface area contributed by atoms with Gasteiger partial charge in [-0.05, 0) is 50.2 Å². The molecule has 1 fully saturated rings. The van der Waals surface area contributed by atoms with Crippen molar-refractivity contribution in [2.45, 2.75) is 18.9 Å². The van der Waals surface area contributed by atoms with Crippen LogP contribution < -0.4 is 11.1 Å². The van der Waals surface area contributed by atoms with Gasteiger partial charge in [0.2, 0.25) is 5.89 Å². The van der Waals surface area contributed by atoms with Gasteiger partial charge >= 0.3 is 0 Å². The molecule has 0 unspecified atom stereocenters. The van der Waals surface area contributed by atoms with E-state index in [-0.39, 0.29) is 0 Å². The van der Waals surface area contributed by atoms with E-state index >= 15 is 0 Å². The highest BCUT2D eigenvalue weighted by molar-refractivity contribution is 5.83. The van der Waals surface area contributed by atoms with Gasteiger partial charge in [-0.25, -0.2) is 9.97 Å². The topological polar surface area (TPSA) is 123 Å². The highest BCUT2D eigenvalue weighted by Gasteiger charge is 2.18. The first-order chi connectivity index (χ1) is 15.7. The van der Waals surface area contributed by atoms with Crippen molar-refractivity contribution >= 4 is 16.9 Å². The smallest absolute Gasteiger partial charge is 0.231 e. The molecular weight excluding hydrogens is 404 g/mol. The summed E-state index contributed by atoms with van der Waals surface area (Å²) in [5.74, 6) is 0.819. The number of oxazole rings is 1. The molecule has 4 N–H and O–H groups in total. The number of anilines is 1. The van der Waals surface area contributed by atoms with Gasteiger partial charge in [0.15, 0.2) is 5.58 Å². The largest absolute Gasteiger partial charge is 0.436 e. The normalized spacial score (nSPS) is 14.9. The van der Waals surface area contributed by atoms with Crippen LogP contribution in [0.3, 0.4) is 0 Å². The van der Waals surface area contributed by atoms with E-state index in [9.17, 15) is 0 Å². The maximum Gasteiger partial charge on any atom is 0.231 e. The summed E-state index contributed by atoms with van der Waals surface area (Å²) in [5.41, 5.74) is 12.1. The maximum absolute atomic E-state index is 6.20. The summed E-state index contributed by atoms with van der Waals surface area (Å²) in [6, 6.07) is 10.1. The number of nitrogens with one attached hydrogen (secondary N) is 2. The molecule has 5 aromatic rings. The van der Waals surface area contributed by atoms with Crippen LogP contribution in [0.15, 0.2) is 59.5 Å². The molecule has 0 saturated carbocycles. The summed E-state index contributed by atoms with van der Waals surface area (Å²) in [7, 11) is 0. The number of nitrogens with zero attached hydrogens (tertiary/aromatic N) is 5. The van der Waals surface area contributed by atoms with E-state index in [2.05, 4.69) is 41.5 Å². The fourth-order valence-electron chi connectivity index (χ4n) is 4.19. The van der Waals surface area contributed by atoms with Gasteiger partial charge < -0.3 is 15.5 Å². The number of hydrogen-bond donors (Lipinski definition) is 3. The summed E-state index contributed by atoms with van der Waals surface area (Å²) in [6.07, 6.45) is 9.60. The number of fused-ring (bicyclic) bond motifs is 1. The Bertz CT molecular complexity index is 1380. The SMILES string of the molecule is Nc1ncc(-c2cnn(C3CCNCC3)c2)cc1-c1nc2ccc(-c3ccn[nH]3)cc2o1. The molecule has 1 aromatic carbocycles. The predicted octanol–water partition coefficient (Wildman–Crippen LogP) is 3.65.